The fourth-order valence-corrected chi connectivity index (χ4v) is 3.74. The SMILES string of the molecule is COc1ccccc1C(=O)NC(CC(C)C)C(=O)NC(Cc1ccccc1)C(=O)C(=O)NC1CC1. The molecule has 0 aliphatic heterocycles. The van der Waals surface area contributed by atoms with Crippen LogP contribution in [-0.2, 0) is 20.8 Å². The van der Waals surface area contributed by atoms with Crippen LogP contribution in [0, 0.1) is 5.92 Å². The molecule has 0 heterocycles. The van der Waals surface area contributed by atoms with E-state index >= 15 is 0 Å². The van der Waals surface area contributed by atoms with Crippen LogP contribution in [0.15, 0.2) is 54.6 Å². The van der Waals surface area contributed by atoms with Crippen molar-refractivity contribution < 1.29 is 23.9 Å². The molecule has 35 heavy (non-hydrogen) atoms. The second-order valence-corrected chi connectivity index (χ2v) is 9.22. The molecule has 8 nitrogen and oxygen atoms in total. The van der Waals surface area contributed by atoms with Gasteiger partial charge < -0.3 is 20.7 Å². The number of ether oxygens (including phenoxy) is 1. The van der Waals surface area contributed by atoms with Crippen LogP contribution >= 0.6 is 0 Å². The molecule has 0 bridgehead atoms. The summed E-state index contributed by atoms with van der Waals surface area (Å²) in [6, 6.07) is 14.0. The van der Waals surface area contributed by atoms with Gasteiger partial charge in [-0.25, -0.2) is 0 Å². The summed E-state index contributed by atoms with van der Waals surface area (Å²) in [5.41, 5.74) is 1.11. The molecular formula is C27H33N3O5. The quantitative estimate of drug-likeness (QED) is 0.405. The van der Waals surface area contributed by atoms with Gasteiger partial charge in [0.2, 0.25) is 11.7 Å². The first kappa shape index (κ1) is 25.9. The summed E-state index contributed by atoms with van der Waals surface area (Å²) in [7, 11) is 1.47. The predicted octanol–water partition coefficient (Wildman–Crippen LogP) is 2.41. The number of benzene rings is 2. The number of ketones is 1. The maximum atomic E-state index is 13.3. The van der Waals surface area contributed by atoms with Crippen LogP contribution in [0.1, 0.15) is 49.0 Å². The summed E-state index contributed by atoms with van der Waals surface area (Å²) in [6.45, 7) is 3.87. The first-order valence-electron chi connectivity index (χ1n) is 11.9. The first-order valence-corrected chi connectivity index (χ1v) is 11.9. The summed E-state index contributed by atoms with van der Waals surface area (Å²) in [5, 5.41) is 8.21. The third-order valence-corrected chi connectivity index (χ3v) is 5.73. The number of carbonyl (C=O) groups excluding carboxylic acids is 4. The molecule has 186 valence electrons. The van der Waals surface area contributed by atoms with E-state index in [9.17, 15) is 19.2 Å². The molecule has 2 aromatic rings. The molecule has 8 heteroatoms. The van der Waals surface area contributed by atoms with Crippen LogP contribution < -0.4 is 20.7 Å². The molecule has 1 saturated carbocycles. The zero-order valence-electron chi connectivity index (χ0n) is 20.4. The number of carbonyl (C=O) groups is 4. The van der Waals surface area contributed by atoms with Crippen LogP contribution in [0.4, 0.5) is 0 Å². The second kappa shape index (κ2) is 12.1. The minimum atomic E-state index is -1.05. The molecule has 3 amide bonds. The number of nitrogens with one attached hydrogen (secondary N) is 3. The Kier molecular flexibility index (Phi) is 9.00. The van der Waals surface area contributed by atoms with Crippen molar-refractivity contribution in [2.75, 3.05) is 7.11 Å². The topological polar surface area (TPSA) is 114 Å². The molecule has 1 aliphatic carbocycles. The van der Waals surface area contributed by atoms with Crippen LogP contribution in [0.25, 0.3) is 0 Å². The van der Waals surface area contributed by atoms with E-state index in [4.69, 9.17) is 4.74 Å². The average Bonchev–Trinajstić information content (AvgIpc) is 3.66. The Labute approximate surface area is 205 Å². The van der Waals surface area contributed by atoms with Crippen molar-refractivity contribution in [2.24, 2.45) is 5.92 Å². The van der Waals surface area contributed by atoms with Crippen LogP contribution in [0.2, 0.25) is 0 Å². The second-order valence-electron chi connectivity index (χ2n) is 9.22. The smallest absolute Gasteiger partial charge is 0.289 e. The Morgan fingerprint density at radius 3 is 2.20 bits per heavy atom. The third-order valence-electron chi connectivity index (χ3n) is 5.73. The number of hydrogen-bond donors (Lipinski definition) is 3. The highest BCUT2D eigenvalue weighted by Gasteiger charge is 2.33. The summed E-state index contributed by atoms with van der Waals surface area (Å²) in [6.07, 6.45) is 2.21. The molecular weight excluding hydrogens is 446 g/mol. The highest BCUT2D eigenvalue weighted by atomic mass is 16.5. The van der Waals surface area contributed by atoms with Crippen molar-refractivity contribution in [1.29, 1.82) is 0 Å². The highest BCUT2D eigenvalue weighted by molar-refractivity contribution is 6.38. The fraction of sp³-hybridized carbons (Fsp3) is 0.407. The van der Waals surface area contributed by atoms with Crippen LogP contribution in [0.3, 0.4) is 0 Å². The van der Waals surface area contributed by atoms with Gasteiger partial charge >= 0.3 is 0 Å². The van der Waals surface area contributed by atoms with Crippen molar-refractivity contribution >= 4 is 23.5 Å². The van der Waals surface area contributed by atoms with E-state index in [1.165, 1.54) is 7.11 Å². The number of rotatable bonds is 12. The minimum absolute atomic E-state index is 0.0216. The molecule has 1 fully saturated rings. The van der Waals surface area contributed by atoms with Gasteiger partial charge in [0.05, 0.1) is 12.7 Å². The summed E-state index contributed by atoms with van der Waals surface area (Å²) >= 11 is 0. The fourth-order valence-electron chi connectivity index (χ4n) is 3.74. The molecule has 3 rings (SSSR count). The molecule has 1 aliphatic rings. The summed E-state index contributed by atoms with van der Waals surface area (Å²) < 4.78 is 5.26. The summed E-state index contributed by atoms with van der Waals surface area (Å²) in [5.74, 6) is -1.90. The Morgan fingerprint density at radius 1 is 0.914 bits per heavy atom. The lowest BCUT2D eigenvalue weighted by Crippen LogP contribution is -2.55. The Hall–Kier alpha value is -3.68. The van der Waals surface area contributed by atoms with E-state index in [2.05, 4.69) is 16.0 Å². The number of para-hydroxylation sites is 1. The van der Waals surface area contributed by atoms with Gasteiger partial charge in [0.15, 0.2) is 0 Å². The van der Waals surface area contributed by atoms with Gasteiger partial charge in [-0.1, -0.05) is 56.3 Å². The summed E-state index contributed by atoms with van der Waals surface area (Å²) in [4.78, 5) is 51.8. The van der Waals surface area contributed by atoms with Gasteiger partial charge in [-0.3, -0.25) is 19.2 Å². The van der Waals surface area contributed by atoms with Gasteiger partial charge in [0.1, 0.15) is 17.8 Å². The van der Waals surface area contributed by atoms with Gasteiger partial charge in [-0.15, -0.1) is 0 Å². The van der Waals surface area contributed by atoms with Crippen molar-refractivity contribution in [2.45, 2.75) is 57.7 Å². The molecule has 2 unspecified atom stereocenters. The van der Waals surface area contributed by atoms with Crippen molar-refractivity contribution in [3.63, 3.8) is 0 Å². The van der Waals surface area contributed by atoms with Gasteiger partial charge in [-0.2, -0.15) is 0 Å². The number of amides is 3. The van der Waals surface area contributed by atoms with Gasteiger partial charge in [-0.05, 0) is 42.9 Å². The number of Topliss-reactive ketones (excluding diaryl/α,β-unsaturated/α-hetero) is 1. The maximum absolute atomic E-state index is 13.3. The van der Waals surface area contributed by atoms with E-state index < -0.39 is 35.6 Å². The molecule has 0 saturated heterocycles. The van der Waals surface area contributed by atoms with Crippen molar-refractivity contribution in [3.05, 3.63) is 65.7 Å². The average molecular weight is 480 g/mol. The van der Waals surface area contributed by atoms with E-state index in [0.717, 1.165) is 18.4 Å². The lowest BCUT2D eigenvalue weighted by Gasteiger charge is -2.24. The Bertz CT molecular complexity index is 1050. The standard InChI is InChI=1S/C27H33N3O5/c1-17(2)15-22(30-25(32)20-11-7-8-12-23(20)35-3)26(33)29-21(16-18-9-5-4-6-10-18)24(31)27(34)28-19-13-14-19/h4-12,17,19,21-22H,13-16H2,1-3H3,(H,28,34)(H,29,33)(H,30,32). The monoisotopic (exact) mass is 479 g/mol. The minimum Gasteiger partial charge on any atom is -0.496 e. The van der Waals surface area contributed by atoms with E-state index in [0.29, 0.717) is 17.7 Å². The lowest BCUT2D eigenvalue weighted by atomic mass is 9.99. The number of hydrogen-bond acceptors (Lipinski definition) is 5. The maximum Gasteiger partial charge on any atom is 0.289 e. The number of methoxy groups -OCH3 is 1. The molecule has 0 aromatic heterocycles. The molecule has 2 atom stereocenters. The first-order chi connectivity index (χ1) is 16.8. The van der Waals surface area contributed by atoms with Gasteiger partial charge in [0.25, 0.3) is 11.8 Å². The van der Waals surface area contributed by atoms with Crippen molar-refractivity contribution in [1.82, 2.24) is 16.0 Å². The van der Waals surface area contributed by atoms with Crippen LogP contribution in [-0.4, -0.2) is 48.7 Å². The molecule has 2 aromatic carbocycles. The molecule has 3 N–H and O–H groups in total. The zero-order valence-corrected chi connectivity index (χ0v) is 20.4. The molecule has 0 spiro atoms. The van der Waals surface area contributed by atoms with E-state index in [1.54, 1.807) is 24.3 Å². The Balaban J connectivity index is 1.78. The predicted molar refractivity (Wildman–Crippen MR) is 132 cm³/mol. The zero-order chi connectivity index (χ0) is 25.4. The van der Waals surface area contributed by atoms with E-state index in [-0.39, 0.29) is 18.4 Å². The van der Waals surface area contributed by atoms with Gasteiger partial charge in [0, 0.05) is 12.5 Å². The normalized spacial score (nSPS) is 14.5. The van der Waals surface area contributed by atoms with E-state index in [1.807, 2.05) is 44.2 Å². The molecule has 0 radical (unpaired) electrons. The van der Waals surface area contributed by atoms with Crippen LogP contribution in [0.5, 0.6) is 5.75 Å². The van der Waals surface area contributed by atoms with Crippen molar-refractivity contribution in [3.8, 4) is 5.75 Å². The largest absolute Gasteiger partial charge is 0.496 e. The Morgan fingerprint density at radius 2 is 1.57 bits per heavy atom. The highest BCUT2D eigenvalue weighted by Crippen LogP contribution is 2.19. The lowest BCUT2D eigenvalue weighted by molar-refractivity contribution is -0.140. The third kappa shape index (κ3) is 7.67.